The lowest BCUT2D eigenvalue weighted by Gasteiger charge is -2.34. The molecule has 52 heavy (non-hydrogen) atoms. The first-order valence-electron chi connectivity index (χ1n) is 17.4. The molecule has 0 aliphatic carbocycles. The van der Waals surface area contributed by atoms with Crippen LogP contribution in [0.3, 0.4) is 0 Å². The Morgan fingerprint density at radius 2 is 1.42 bits per heavy atom. The highest BCUT2D eigenvalue weighted by Gasteiger charge is 2.19. The average molecular weight is 720 g/mol. The van der Waals surface area contributed by atoms with Crippen molar-refractivity contribution in [2.24, 2.45) is 0 Å². The molecule has 2 heterocycles. The summed E-state index contributed by atoms with van der Waals surface area (Å²) >= 11 is 0. The third-order valence-electron chi connectivity index (χ3n) is 8.90. The Morgan fingerprint density at radius 1 is 0.750 bits per heavy atom. The van der Waals surface area contributed by atoms with E-state index in [-0.39, 0.29) is 18.3 Å². The summed E-state index contributed by atoms with van der Waals surface area (Å²) in [5, 5.41) is 0. The van der Waals surface area contributed by atoms with Crippen molar-refractivity contribution in [1.82, 2.24) is 14.8 Å². The number of rotatable bonds is 14. The number of aryl methyl sites for hydroxylation is 2. The molecule has 1 aromatic heterocycles. The summed E-state index contributed by atoms with van der Waals surface area (Å²) in [6.07, 6.45) is 6.05. The second-order valence-corrected chi connectivity index (χ2v) is 12.8. The Balaban J connectivity index is 0.00000523. The number of hydrogen-bond acceptors (Lipinski definition) is 7. The SMILES string of the molecule is COc1ccc(OCCc2ccc(CN3CCN(C(=O)C=Cc4ccc(Oc5ccc(OCc6ccc(C)cc6)cn5)c(C)c4)CC3)cc2)cc1.Cl. The van der Waals surface area contributed by atoms with Crippen LogP contribution in [0.15, 0.2) is 115 Å². The van der Waals surface area contributed by atoms with Crippen molar-refractivity contribution < 1.29 is 23.7 Å². The van der Waals surface area contributed by atoms with Crippen LogP contribution in [0.1, 0.15) is 33.4 Å². The van der Waals surface area contributed by atoms with Gasteiger partial charge in [-0.05, 0) is 90.2 Å². The summed E-state index contributed by atoms with van der Waals surface area (Å²) in [5.41, 5.74) is 6.74. The van der Waals surface area contributed by atoms with Crippen LogP contribution in [0.2, 0.25) is 0 Å². The lowest BCUT2D eigenvalue weighted by atomic mass is 10.1. The molecular weight excluding hydrogens is 674 g/mol. The molecule has 4 aromatic carbocycles. The Morgan fingerprint density at radius 3 is 2.10 bits per heavy atom. The molecule has 0 bridgehead atoms. The van der Waals surface area contributed by atoms with Gasteiger partial charge < -0.3 is 23.8 Å². The zero-order valence-corrected chi connectivity index (χ0v) is 30.8. The van der Waals surface area contributed by atoms with Gasteiger partial charge in [0.25, 0.3) is 0 Å². The highest BCUT2D eigenvalue weighted by Crippen LogP contribution is 2.26. The molecule has 9 heteroatoms. The van der Waals surface area contributed by atoms with Gasteiger partial charge in [0.05, 0.1) is 19.9 Å². The fraction of sp³-hybridized carbons (Fsp3) is 0.256. The number of pyridine rings is 1. The van der Waals surface area contributed by atoms with E-state index >= 15 is 0 Å². The third-order valence-corrected chi connectivity index (χ3v) is 8.90. The first kappa shape index (κ1) is 37.9. The Kier molecular flexibility index (Phi) is 13.7. The van der Waals surface area contributed by atoms with Crippen LogP contribution in [0, 0.1) is 13.8 Å². The highest BCUT2D eigenvalue weighted by atomic mass is 35.5. The van der Waals surface area contributed by atoms with E-state index in [2.05, 4.69) is 65.3 Å². The van der Waals surface area contributed by atoms with E-state index in [4.69, 9.17) is 18.9 Å². The van der Waals surface area contributed by atoms with Crippen molar-refractivity contribution in [3.8, 4) is 28.9 Å². The minimum absolute atomic E-state index is 0. The van der Waals surface area contributed by atoms with Crippen LogP contribution in [-0.4, -0.2) is 60.6 Å². The van der Waals surface area contributed by atoms with Gasteiger partial charge in [-0.2, -0.15) is 0 Å². The zero-order chi connectivity index (χ0) is 35.4. The van der Waals surface area contributed by atoms with Crippen molar-refractivity contribution in [1.29, 1.82) is 0 Å². The van der Waals surface area contributed by atoms with Crippen LogP contribution >= 0.6 is 12.4 Å². The molecule has 8 nitrogen and oxygen atoms in total. The number of piperazine rings is 1. The molecule has 6 rings (SSSR count). The van der Waals surface area contributed by atoms with Gasteiger partial charge >= 0.3 is 0 Å². The molecule has 0 saturated carbocycles. The van der Waals surface area contributed by atoms with E-state index in [1.807, 2.05) is 66.4 Å². The van der Waals surface area contributed by atoms with Crippen molar-refractivity contribution in [2.75, 3.05) is 39.9 Å². The van der Waals surface area contributed by atoms with Gasteiger partial charge in [-0.25, -0.2) is 4.98 Å². The normalized spacial score (nSPS) is 13.0. The first-order chi connectivity index (χ1) is 24.9. The molecule has 5 aromatic rings. The summed E-state index contributed by atoms with van der Waals surface area (Å²) in [6, 6.07) is 34.2. The molecule has 0 spiro atoms. The lowest BCUT2D eigenvalue weighted by Crippen LogP contribution is -2.47. The number of hydrogen-bond donors (Lipinski definition) is 0. The summed E-state index contributed by atoms with van der Waals surface area (Å²) in [4.78, 5) is 21.7. The van der Waals surface area contributed by atoms with Crippen LogP contribution in [0.5, 0.6) is 28.9 Å². The Hall–Kier alpha value is -5.31. The summed E-state index contributed by atoms with van der Waals surface area (Å²) in [6.45, 7) is 9.12. The number of benzene rings is 4. The molecule has 1 aliphatic heterocycles. The standard InChI is InChI=1S/C43H45N3O5.ClH/c1-32-4-6-37(7-5-32)31-50-40-18-20-42(44-29-40)51-41-19-12-35(28-33(41)2)13-21-43(47)46-25-23-45(24-26-46)30-36-10-8-34(9-11-36)22-27-49-39-16-14-38(48-3)15-17-39;/h4-21,28-29H,22-27,30-31H2,1-3H3;1H. The van der Waals surface area contributed by atoms with E-state index in [1.165, 1.54) is 16.7 Å². The average Bonchev–Trinajstić information content (AvgIpc) is 3.16. The maximum absolute atomic E-state index is 13.0. The summed E-state index contributed by atoms with van der Waals surface area (Å²) in [7, 11) is 1.66. The fourth-order valence-electron chi connectivity index (χ4n) is 5.79. The molecule has 1 amide bonds. The van der Waals surface area contributed by atoms with Gasteiger partial charge in [0, 0.05) is 51.3 Å². The number of ether oxygens (including phenoxy) is 4. The predicted molar refractivity (Wildman–Crippen MR) is 208 cm³/mol. The van der Waals surface area contributed by atoms with Crippen LogP contribution in [-0.2, 0) is 24.4 Å². The van der Waals surface area contributed by atoms with Crippen molar-refractivity contribution in [2.45, 2.75) is 33.4 Å². The number of carbonyl (C=O) groups excluding carboxylic acids is 1. The van der Waals surface area contributed by atoms with Crippen LogP contribution in [0.25, 0.3) is 6.08 Å². The molecule has 1 fully saturated rings. The second kappa shape index (κ2) is 18.8. The minimum atomic E-state index is 0. The topological polar surface area (TPSA) is 73.4 Å². The number of carbonyl (C=O) groups is 1. The maximum atomic E-state index is 13.0. The minimum Gasteiger partial charge on any atom is -0.497 e. The molecule has 1 aliphatic rings. The monoisotopic (exact) mass is 719 g/mol. The van der Waals surface area contributed by atoms with E-state index in [0.717, 1.165) is 54.2 Å². The van der Waals surface area contributed by atoms with E-state index < -0.39 is 0 Å². The second-order valence-electron chi connectivity index (χ2n) is 12.8. The lowest BCUT2D eigenvalue weighted by molar-refractivity contribution is -0.127. The van der Waals surface area contributed by atoms with Crippen molar-refractivity contribution in [3.63, 3.8) is 0 Å². The molecule has 270 valence electrons. The molecule has 0 radical (unpaired) electrons. The molecule has 0 unspecified atom stereocenters. The van der Waals surface area contributed by atoms with Crippen LogP contribution in [0.4, 0.5) is 0 Å². The quantitative estimate of drug-likeness (QED) is 0.107. The van der Waals surface area contributed by atoms with E-state index in [9.17, 15) is 4.79 Å². The molecule has 1 saturated heterocycles. The highest BCUT2D eigenvalue weighted by molar-refractivity contribution is 5.92. The zero-order valence-electron chi connectivity index (χ0n) is 30.0. The van der Waals surface area contributed by atoms with Gasteiger partial charge in [-0.3, -0.25) is 9.69 Å². The largest absolute Gasteiger partial charge is 0.497 e. The van der Waals surface area contributed by atoms with E-state index in [1.54, 1.807) is 25.4 Å². The number of methoxy groups -OCH3 is 1. The third kappa shape index (κ3) is 11.1. The Labute approximate surface area is 313 Å². The summed E-state index contributed by atoms with van der Waals surface area (Å²) < 4.78 is 23.0. The fourth-order valence-corrected chi connectivity index (χ4v) is 5.79. The van der Waals surface area contributed by atoms with Gasteiger partial charge in [-0.15, -0.1) is 12.4 Å². The summed E-state index contributed by atoms with van der Waals surface area (Å²) in [5.74, 6) is 3.57. The smallest absolute Gasteiger partial charge is 0.246 e. The Bertz CT molecular complexity index is 1890. The number of halogens is 1. The van der Waals surface area contributed by atoms with Gasteiger partial charge in [0.1, 0.15) is 29.6 Å². The molecule has 0 N–H and O–H groups in total. The first-order valence-corrected chi connectivity index (χ1v) is 17.4. The van der Waals surface area contributed by atoms with Gasteiger partial charge in [-0.1, -0.05) is 60.2 Å². The van der Waals surface area contributed by atoms with Crippen molar-refractivity contribution in [3.05, 3.63) is 149 Å². The van der Waals surface area contributed by atoms with Gasteiger partial charge in [0.15, 0.2) is 0 Å². The van der Waals surface area contributed by atoms with Crippen LogP contribution < -0.4 is 18.9 Å². The molecule has 0 atom stereocenters. The van der Waals surface area contributed by atoms with E-state index in [0.29, 0.717) is 43.7 Å². The maximum Gasteiger partial charge on any atom is 0.246 e. The molecular formula is C43H46ClN3O5. The van der Waals surface area contributed by atoms with Crippen molar-refractivity contribution >= 4 is 24.4 Å². The number of amides is 1. The predicted octanol–water partition coefficient (Wildman–Crippen LogP) is 8.48. The number of nitrogens with zero attached hydrogens (tertiary/aromatic N) is 3. The van der Waals surface area contributed by atoms with Gasteiger partial charge in [0.2, 0.25) is 11.8 Å². The number of aromatic nitrogens is 1.